The highest BCUT2D eigenvalue weighted by molar-refractivity contribution is 8.27. The van der Waals surface area contributed by atoms with E-state index in [1.807, 2.05) is 0 Å². The molecule has 2 aromatic rings. The summed E-state index contributed by atoms with van der Waals surface area (Å²) >= 11 is 6.35. The Balaban J connectivity index is 1.92. The third-order valence-electron chi connectivity index (χ3n) is 3.85. The molecule has 1 heterocycles. The molecule has 0 atom stereocenters. The Bertz CT molecular complexity index is 1020. The summed E-state index contributed by atoms with van der Waals surface area (Å²) in [6, 6.07) is 8.52. The fourth-order valence-corrected chi connectivity index (χ4v) is 3.87. The van der Waals surface area contributed by atoms with E-state index in [9.17, 15) is 19.8 Å². The summed E-state index contributed by atoms with van der Waals surface area (Å²) in [6.07, 6.45) is 1.62. The van der Waals surface area contributed by atoms with Gasteiger partial charge in [0.25, 0.3) is 5.91 Å². The number of thioether (sulfide) groups is 1. The van der Waals surface area contributed by atoms with Crippen LogP contribution in [0.25, 0.3) is 6.08 Å². The molecule has 9 heteroatoms. The van der Waals surface area contributed by atoms with Gasteiger partial charge in [0.15, 0.2) is 15.8 Å². The van der Waals surface area contributed by atoms with Crippen LogP contribution in [0.15, 0.2) is 41.3 Å². The van der Waals surface area contributed by atoms with Crippen molar-refractivity contribution < 1.29 is 29.6 Å². The van der Waals surface area contributed by atoms with Crippen LogP contribution in [-0.2, 0) is 4.79 Å². The number of ether oxygens (including phenoxy) is 1. The van der Waals surface area contributed by atoms with Crippen molar-refractivity contribution in [3.05, 3.63) is 52.4 Å². The molecule has 0 bridgehead atoms. The average Bonchev–Trinajstić information content (AvgIpc) is 2.91. The lowest BCUT2D eigenvalue weighted by Gasteiger charge is -2.15. The standard InChI is InChI=1S/C19H15NO6S2/c1-2-26-15-7-10(3-6-13(15)21)8-16-17(23)20(19(27)28-16)11-4-5-12(18(24)25)14(22)9-11/h3-9,21-22H,2H2,1H3,(H,24,25). The predicted octanol–water partition coefficient (Wildman–Crippen LogP) is 3.60. The summed E-state index contributed by atoms with van der Waals surface area (Å²) in [5, 5.41) is 28.7. The summed E-state index contributed by atoms with van der Waals surface area (Å²) in [7, 11) is 0. The molecule has 1 saturated heterocycles. The molecule has 1 aliphatic rings. The molecular weight excluding hydrogens is 402 g/mol. The zero-order valence-electron chi connectivity index (χ0n) is 14.6. The lowest BCUT2D eigenvalue weighted by molar-refractivity contribution is -0.113. The number of carboxylic acids is 1. The zero-order valence-corrected chi connectivity index (χ0v) is 16.2. The van der Waals surface area contributed by atoms with Crippen molar-refractivity contribution in [3.63, 3.8) is 0 Å². The number of benzene rings is 2. The van der Waals surface area contributed by atoms with E-state index in [1.54, 1.807) is 25.1 Å². The van der Waals surface area contributed by atoms with E-state index in [1.165, 1.54) is 29.2 Å². The molecule has 0 spiro atoms. The number of phenols is 2. The number of aromatic hydroxyl groups is 2. The number of amides is 1. The summed E-state index contributed by atoms with van der Waals surface area (Å²) in [5.41, 5.74) is 0.650. The average molecular weight is 417 g/mol. The van der Waals surface area contributed by atoms with E-state index in [2.05, 4.69) is 0 Å². The molecule has 7 nitrogen and oxygen atoms in total. The normalized spacial score (nSPS) is 15.3. The van der Waals surface area contributed by atoms with Gasteiger partial charge in [-0.25, -0.2) is 4.79 Å². The van der Waals surface area contributed by atoms with E-state index in [4.69, 9.17) is 22.1 Å². The smallest absolute Gasteiger partial charge is 0.339 e. The van der Waals surface area contributed by atoms with Crippen molar-refractivity contribution in [1.82, 2.24) is 0 Å². The molecule has 3 rings (SSSR count). The molecule has 3 N–H and O–H groups in total. The van der Waals surface area contributed by atoms with Crippen LogP contribution in [0.1, 0.15) is 22.8 Å². The minimum absolute atomic E-state index is 0.000504. The number of aromatic carboxylic acids is 1. The molecular formula is C19H15NO6S2. The Morgan fingerprint density at radius 3 is 2.61 bits per heavy atom. The topological polar surface area (TPSA) is 107 Å². The first-order valence-electron chi connectivity index (χ1n) is 8.12. The SMILES string of the molecule is CCOc1cc(C=C2SC(=S)N(c3ccc(C(=O)O)c(O)c3)C2=O)ccc1O. The highest BCUT2D eigenvalue weighted by Crippen LogP contribution is 2.38. The quantitative estimate of drug-likeness (QED) is 0.500. The van der Waals surface area contributed by atoms with Crippen LogP contribution in [0.4, 0.5) is 5.69 Å². The van der Waals surface area contributed by atoms with Crippen molar-refractivity contribution in [2.24, 2.45) is 0 Å². The van der Waals surface area contributed by atoms with Gasteiger partial charge in [-0.1, -0.05) is 30.0 Å². The number of rotatable bonds is 5. The van der Waals surface area contributed by atoms with Crippen molar-refractivity contribution >= 4 is 51.9 Å². The lowest BCUT2D eigenvalue weighted by atomic mass is 10.1. The Morgan fingerprint density at radius 2 is 1.96 bits per heavy atom. The number of carboxylic acid groups (broad SMARTS) is 1. The number of anilines is 1. The van der Waals surface area contributed by atoms with Crippen LogP contribution in [0, 0.1) is 0 Å². The van der Waals surface area contributed by atoms with E-state index < -0.39 is 17.6 Å². The number of hydrogen-bond acceptors (Lipinski definition) is 7. The monoisotopic (exact) mass is 417 g/mol. The van der Waals surface area contributed by atoms with Gasteiger partial charge in [-0.2, -0.15) is 0 Å². The summed E-state index contributed by atoms with van der Waals surface area (Å²) in [6.45, 7) is 2.18. The fourth-order valence-electron chi connectivity index (χ4n) is 2.57. The lowest BCUT2D eigenvalue weighted by Crippen LogP contribution is -2.27. The van der Waals surface area contributed by atoms with Gasteiger partial charge in [-0.05, 0) is 42.8 Å². The maximum absolute atomic E-state index is 12.8. The second kappa shape index (κ2) is 7.91. The van der Waals surface area contributed by atoms with E-state index in [0.29, 0.717) is 22.8 Å². The Morgan fingerprint density at radius 1 is 1.21 bits per heavy atom. The number of carbonyl (C=O) groups is 2. The molecule has 1 amide bonds. The maximum Gasteiger partial charge on any atom is 0.339 e. The van der Waals surface area contributed by atoms with Gasteiger partial charge in [-0.3, -0.25) is 9.69 Å². The number of thiocarbonyl (C=S) groups is 1. The van der Waals surface area contributed by atoms with Crippen molar-refractivity contribution in [2.45, 2.75) is 6.92 Å². The number of nitrogens with zero attached hydrogens (tertiary/aromatic N) is 1. The fraction of sp³-hybridized carbons (Fsp3) is 0.105. The Kier molecular flexibility index (Phi) is 5.57. The van der Waals surface area contributed by atoms with Gasteiger partial charge in [0, 0.05) is 6.07 Å². The molecule has 28 heavy (non-hydrogen) atoms. The Hall–Kier alpha value is -3.04. The van der Waals surface area contributed by atoms with Crippen LogP contribution in [0.3, 0.4) is 0 Å². The molecule has 0 aromatic heterocycles. The second-order valence-corrected chi connectivity index (χ2v) is 7.36. The van der Waals surface area contributed by atoms with Crippen LogP contribution < -0.4 is 9.64 Å². The van der Waals surface area contributed by atoms with Gasteiger partial charge >= 0.3 is 5.97 Å². The number of carbonyl (C=O) groups excluding carboxylic acids is 1. The van der Waals surface area contributed by atoms with Crippen LogP contribution >= 0.6 is 24.0 Å². The van der Waals surface area contributed by atoms with Gasteiger partial charge in [0.2, 0.25) is 0 Å². The number of hydrogen-bond donors (Lipinski definition) is 3. The van der Waals surface area contributed by atoms with Crippen LogP contribution in [0.5, 0.6) is 17.2 Å². The molecule has 1 fully saturated rings. The zero-order chi connectivity index (χ0) is 20.4. The first-order chi connectivity index (χ1) is 13.3. The molecule has 144 valence electrons. The third-order valence-corrected chi connectivity index (χ3v) is 5.15. The first kappa shape index (κ1) is 19.7. The molecule has 1 aliphatic heterocycles. The van der Waals surface area contributed by atoms with Gasteiger partial charge < -0.3 is 20.1 Å². The summed E-state index contributed by atoms with van der Waals surface area (Å²) in [4.78, 5) is 25.4. The molecule has 0 aliphatic carbocycles. The first-order valence-corrected chi connectivity index (χ1v) is 9.34. The molecule has 0 saturated carbocycles. The summed E-state index contributed by atoms with van der Waals surface area (Å²) < 4.78 is 5.59. The van der Waals surface area contributed by atoms with Crippen molar-refractivity contribution in [3.8, 4) is 17.2 Å². The Labute approximate surface area is 169 Å². The van der Waals surface area contributed by atoms with E-state index in [0.717, 1.165) is 11.8 Å². The van der Waals surface area contributed by atoms with Gasteiger partial charge in [-0.15, -0.1) is 0 Å². The summed E-state index contributed by atoms with van der Waals surface area (Å²) in [5.74, 6) is -1.82. The third kappa shape index (κ3) is 3.80. The van der Waals surface area contributed by atoms with Gasteiger partial charge in [0.05, 0.1) is 17.2 Å². The second-order valence-electron chi connectivity index (χ2n) is 5.68. The van der Waals surface area contributed by atoms with Crippen molar-refractivity contribution in [2.75, 3.05) is 11.5 Å². The largest absolute Gasteiger partial charge is 0.507 e. The van der Waals surface area contributed by atoms with Crippen LogP contribution in [-0.4, -0.2) is 38.1 Å². The van der Waals surface area contributed by atoms with E-state index >= 15 is 0 Å². The highest BCUT2D eigenvalue weighted by atomic mass is 32.2. The highest BCUT2D eigenvalue weighted by Gasteiger charge is 2.33. The van der Waals surface area contributed by atoms with Crippen molar-refractivity contribution in [1.29, 1.82) is 0 Å². The van der Waals surface area contributed by atoms with E-state index in [-0.39, 0.29) is 21.3 Å². The van der Waals surface area contributed by atoms with Gasteiger partial charge in [0.1, 0.15) is 11.3 Å². The molecule has 2 aromatic carbocycles. The van der Waals surface area contributed by atoms with Crippen LogP contribution in [0.2, 0.25) is 0 Å². The molecule has 0 radical (unpaired) electrons. The minimum Gasteiger partial charge on any atom is -0.507 e. The minimum atomic E-state index is -1.27. The molecule has 0 unspecified atom stereocenters. The predicted molar refractivity (Wildman–Crippen MR) is 110 cm³/mol. The maximum atomic E-state index is 12.8. The number of phenolic OH excluding ortho intramolecular Hbond substituents is 1.